The van der Waals surface area contributed by atoms with E-state index in [1.807, 2.05) is 0 Å². The molecule has 0 unspecified atom stereocenters. The molecule has 4 rings (SSSR count). The van der Waals surface area contributed by atoms with Gasteiger partial charge in [0.1, 0.15) is 0 Å². The zero-order chi connectivity index (χ0) is 11.4. The highest BCUT2D eigenvalue weighted by molar-refractivity contribution is 4.92. The summed E-state index contributed by atoms with van der Waals surface area (Å²) in [6.45, 7) is 4.46. The third-order valence-electron chi connectivity index (χ3n) is 4.96. The first-order chi connectivity index (χ1) is 7.81. The zero-order valence-electron chi connectivity index (χ0n) is 11.4. The van der Waals surface area contributed by atoms with E-state index in [0.29, 0.717) is 0 Å². The topological polar surface area (TPSA) is 0 Å². The first-order valence-electron chi connectivity index (χ1n) is 7.81. The fourth-order valence-electron chi connectivity index (χ4n) is 4.48. The lowest BCUT2D eigenvalue weighted by Gasteiger charge is -2.49. The molecule has 0 spiro atoms. The highest BCUT2D eigenvalue weighted by Gasteiger charge is 2.41. The molecule has 4 saturated carbocycles. The monoisotopic (exact) mass is 222 g/mol. The number of hydrogen-bond acceptors (Lipinski definition) is 0. The normalized spacial score (nSPS) is 39.4. The molecule has 0 heterocycles. The Morgan fingerprint density at radius 1 is 0.562 bits per heavy atom. The minimum absolute atomic E-state index is 1.18. The van der Waals surface area contributed by atoms with Crippen molar-refractivity contribution < 1.29 is 0 Å². The first kappa shape index (κ1) is 12.5. The van der Waals surface area contributed by atoms with Gasteiger partial charge in [-0.05, 0) is 62.2 Å². The largest absolute Gasteiger partial charge is 0.0654 e. The predicted octanol–water partition coefficient (Wildman–Crippen LogP) is 5.42. The Morgan fingerprint density at radius 2 is 0.812 bits per heavy atom. The molecule has 0 aromatic carbocycles. The van der Waals surface area contributed by atoms with E-state index >= 15 is 0 Å². The summed E-state index contributed by atoms with van der Waals surface area (Å²) < 4.78 is 0. The Bertz CT molecular complexity index is 134. The van der Waals surface area contributed by atoms with Crippen molar-refractivity contribution in [3.63, 3.8) is 0 Å². The summed E-state index contributed by atoms with van der Waals surface area (Å²) in [6.07, 6.45) is 15.2. The van der Waals surface area contributed by atoms with Crippen LogP contribution in [0.15, 0.2) is 0 Å². The van der Waals surface area contributed by atoms with Crippen molar-refractivity contribution in [3.8, 4) is 0 Å². The summed E-state index contributed by atoms with van der Waals surface area (Å²) >= 11 is 0. The molecule has 0 aliphatic heterocycles. The highest BCUT2D eigenvalue weighted by atomic mass is 14.5. The van der Waals surface area contributed by atoms with Crippen LogP contribution in [0.5, 0.6) is 0 Å². The van der Waals surface area contributed by atoms with E-state index < -0.39 is 0 Å². The Morgan fingerprint density at radius 3 is 1.00 bits per heavy atom. The lowest BCUT2D eigenvalue weighted by molar-refractivity contribution is 0.0198. The Kier molecular flexibility index (Phi) is 4.73. The van der Waals surface area contributed by atoms with Crippen LogP contribution in [0.3, 0.4) is 0 Å². The van der Waals surface area contributed by atoms with E-state index in [9.17, 15) is 0 Å². The van der Waals surface area contributed by atoms with Gasteiger partial charge >= 0.3 is 0 Å². The molecule has 0 aromatic heterocycles. The molecule has 16 heavy (non-hydrogen) atoms. The predicted molar refractivity (Wildman–Crippen MR) is 71.5 cm³/mol. The molecule has 94 valence electrons. The van der Waals surface area contributed by atoms with Crippen LogP contribution in [0.4, 0.5) is 0 Å². The van der Waals surface area contributed by atoms with E-state index in [0.717, 1.165) is 0 Å². The van der Waals surface area contributed by atoms with Crippen LogP contribution in [0.2, 0.25) is 0 Å². The second kappa shape index (κ2) is 6.07. The second-order valence-electron chi connectivity index (χ2n) is 6.59. The average molecular weight is 222 g/mol. The van der Waals surface area contributed by atoms with Crippen LogP contribution in [0, 0.1) is 23.7 Å². The van der Waals surface area contributed by atoms with Crippen molar-refractivity contribution in [1.29, 1.82) is 0 Å². The fraction of sp³-hybridized carbons (Fsp3) is 1.00. The smallest absolute Gasteiger partial charge is 0.0406 e. The molecule has 0 saturated heterocycles. The van der Waals surface area contributed by atoms with Gasteiger partial charge in [-0.2, -0.15) is 0 Å². The van der Waals surface area contributed by atoms with Crippen LogP contribution in [-0.4, -0.2) is 0 Å². The molecule has 4 aliphatic carbocycles. The minimum atomic E-state index is 1.18. The first-order valence-corrected chi connectivity index (χ1v) is 7.81. The lowest BCUT2D eigenvalue weighted by Crippen LogP contribution is -2.38. The van der Waals surface area contributed by atoms with Gasteiger partial charge in [-0.1, -0.05) is 39.5 Å². The van der Waals surface area contributed by atoms with Crippen LogP contribution < -0.4 is 0 Å². The summed E-state index contributed by atoms with van der Waals surface area (Å²) in [5, 5.41) is 0. The van der Waals surface area contributed by atoms with E-state index in [2.05, 4.69) is 13.8 Å². The van der Waals surface area contributed by atoms with E-state index in [1.54, 1.807) is 38.5 Å². The molecule has 0 heteroatoms. The highest BCUT2D eigenvalue weighted by Crippen LogP contribution is 2.53. The van der Waals surface area contributed by atoms with Gasteiger partial charge in [-0.3, -0.25) is 0 Å². The van der Waals surface area contributed by atoms with Crippen molar-refractivity contribution in [2.45, 2.75) is 78.1 Å². The van der Waals surface area contributed by atoms with Gasteiger partial charge in [0.25, 0.3) is 0 Å². The maximum absolute atomic E-state index is 2.23. The van der Waals surface area contributed by atoms with E-state index in [1.165, 1.54) is 49.4 Å². The SMILES string of the molecule is C1C2CC3CC1CC(C2)C3.CCCCCC. The van der Waals surface area contributed by atoms with Gasteiger partial charge in [0, 0.05) is 0 Å². The van der Waals surface area contributed by atoms with Crippen molar-refractivity contribution >= 4 is 0 Å². The molecule has 0 aromatic rings. The third kappa shape index (κ3) is 3.25. The quantitative estimate of drug-likeness (QED) is 0.559. The van der Waals surface area contributed by atoms with Crippen LogP contribution in [0.25, 0.3) is 0 Å². The summed E-state index contributed by atoms with van der Waals surface area (Å²) in [6, 6.07) is 0. The number of hydrogen-bond donors (Lipinski definition) is 0. The number of unbranched alkanes of at least 4 members (excludes halogenated alkanes) is 3. The standard InChI is InChI=1S/C10H16.C6H14/c1-7-2-9-4-8(1)5-10(3-7)6-9;1-3-5-6-4-2/h7-10H,1-6H2;3-6H2,1-2H3. The molecular weight excluding hydrogens is 192 g/mol. The zero-order valence-corrected chi connectivity index (χ0v) is 11.4. The van der Waals surface area contributed by atoms with Gasteiger partial charge in [0.05, 0.1) is 0 Å². The van der Waals surface area contributed by atoms with Crippen LogP contribution >= 0.6 is 0 Å². The second-order valence-corrected chi connectivity index (χ2v) is 6.59. The third-order valence-corrected chi connectivity index (χ3v) is 4.96. The van der Waals surface area contributed by atoms with Crippen molar-refractivity contribution in [2.24, 2.45) is 23.7 Å². The summed E-state index contributed by atoms with van der Waals surface area (Å²) in [5.74, 6) is 4.71. The number of rotatable bonds is 3. The van der Waals surface area contributed by atoms with Gasteiger partial charge in [-0.25, -0.2) is 0 Å². The Hall–Kier alpha value is 0. The molecule has 0 atom stereocenters. The fourth-order valence-corrected chi connectivity index (χ4v) is 4.48. The average Bonchev–Trinajstić information content (AvgIpc) is 2.25. The summed E-state index contributed by atoms with van der Waals surface area (Å²) in [4.78, 5) is 0. The summed E-state index contributed by atoms with van der Waals surface area (Å²) in [5.41, 5.74) is 0. The van der Waals surface area contributed by atoms with E-state index in [-0.39, 0.29) is 0 Å². The molecule has 0 amide bonds. The van der Waals surface area contributed by atoms with Crippen LogP contribution in [-0.2, 0) is 0 Å². The van der Waals surface area contributed by atoms with Gasteiger partial charge < -0.3 is 0 Å². The molecule has 4 fully saturated rings. The van der Waals surface area contributed by atoms with Crippen molar-refractivity contribution in [3.05, 3.63) is 0 Å². The molecule has 4 aliphatic rings. The molecule has 0 radical (unpaired) electrons. The maximum Gasteiger partial charge on any atom is -0.0406 e. The summed E-state index contributed by atoms with van der Waals surface area (Å²) in [7, 11) is 0. The van der Waals surface area contributed by atoms with Gasteiger partial charge in [0.15, 0.2) is 0 Å². The Labute approximate surface area is 102 Å². The van der Waals surface area contributed by atoms with Crippen molar-refractivity contribution in [1.82, 2.24) is 0 Å². The molecule has 4 bridgehead atoms. The van der Waals surface area contributed by atoms with Crippen LogP contribution in [0.1, 0.15) is 78.1 Å². The minimum Gasteiger partial charge on any atom is -0.0654 e. The van der Waals surface area contributed by atoms with Gasteiger partial charge in [0.2, 0.25) is 0 Å². The van der Waals surface area contributed by atoms with E-state index in [4.69, 9.17) is 0 Å². The maximum atomic E-state index is 2.23. The lowest BCUT2D eigenvalue weighted by atomic mass is 9.56. The Balaban J connectivity index is 0.000000142. The van der Waals surface area contributed by atoms with Gasteiger partial charge in [-0.15, -0.1) is 0 Å². The molecule has 0 N–H and O–H groups in total. The molecule has 0 nitrogen and oxygen atoms in total. The van der Waals surface area contributed by atoms with Crippen molar-refractivity contribution in [2.75, 3.05) is 0 Å². The molecular formula is C16H30.